The van der Waals surface area contributed by atoms with Gasteiger partial charge in [-0.25, -0.2) is 0 Å². The van der Waals surface area contributed by atoms with Crippen molar-refractivity contribution in [3.8, 4) is 0 Å². The predicted molar refractivity (Wildman–Crippen MR) is 33.0 cm³/mol. The van der Waals surface area contributed by atoms with Crippen molar-refractivity contribution in [3.63, 3.8) is 0 Å². The topological polar surface area (TPSA) is 20.2 Å². The molecule has 1 N–H and O–H groups in total. The SMILES string of the molecule is CC(C)O.C[CH-]C.[La]. The van der Waals surface area contributed by atoms with Gasteiger partial charge < -0.3 is 11.5 Å². The van der Waals surface area contributed by atoms with Crippen LogP contribution in [0.2, 0.25) is 0 Å². The summed E-state index contributed by atoms with van der Waals surface area (Å²) < 4.78 is 0. The third kappa shape index (κ3) is 203. The summed E-state index contributed by atoms with van der Waals surface area (Å²) in [6, 6.07) is 0. The summed E-state index contributed by atoms with van der Waals surface area (Å²) in [6.07, 6.45) is 1.83. The van der Waals surface area contributed by atoms with Crippen molar-refractivity contribution < 1.29 is 40.7 Å². The van der Waals surface area contributed by atoms with E-state index < -0.39 is 0 Å². The average molecular weight is 242 g/mol. The predicted octanol–water partition coefficient (Wildman–Crippen LogP) is 1.62. The summed E-state index contributed by atoms with van der Waals surface area (Å²) >= 11 is 0. The Morgan fingerprint density at radius 2 is 1.25 bits per heavy atom. The molecule has 0 heterocycles. The fourth-order valence-corrected chi connectivity index (χ4v) is 0. The van der Waals surface area contributed by atoms with E-state index in [4.69, 9.17) is 5.11 Å². The minimum absolute atomic E-state index is 0. The van der Waals surface area contributed by atoms with Crippen LogP contribution in [0.3, 0.4) is 0 Å². The third-order valence-electron chi connectivity index (χ3n) is 0. The van der Waals surface area contributed by atoms with Crippen LogP contribution >= 0.6 is 0 Å². The molecule has 0 aromatic rings. The van der Waals surface area contributed by atoms with Crippen LogP contribution < -0.4 is 0 Å². The molecule has 2 heteroatoms. The van der Waals surface area contributed by atoms with E-state index in [0.717, 1.165) is 0 Å². The van der Waals surface area contributed by atoms with Gasteiger partial charge >= 0.3 is 0 Å². The average Bonchev–Trinajstić information content (AvgIpc) is 1.33. The molecule has 1 radical (unpaired) electrons. The van der Waals surface area contributed by atoms with Crippen molar-refractivity contribution in [1.82, 2.24) is 0 Å². The first-order valence-electron chi connectivity index (χ1n) is 2.57. The van der Waals surface area contributed by atoms with Gasteiger partial charge in [0.1, 0.15) is 0 Å². The molecule has 0 amide bonds. The molecule has 0 aliphatic heterocycles. The summed E-state index contributed by atoms with van der Waals surface area (Å²) in [4.78, 5) is 0. The van der Waals surface area contributed by atoms with Gasteiger partial charge in [0.15, 0.2) is 0 Å². The minimum Gasteiger partial charge on any atom is -0.394 e. The van der Waals surface area contributed by atoms with E-state index in [9.17, 15) is 0 Å². The van der Waals surface area contributed by atoms with E-state index in [2.05, 4.69) is 0 Å². The minimum atomic E-state index is -0.167. The standard InChI is InChI=1S/C3H8O.C3H7.La/c1-3(2)4;1-3-2;/h3-4H,1-2H3;3H,1-2H3;/q;-1;. The second-order valence-corrected chi connectivity index (χ2v) is 1.67. The van der Waals surface area contributed by atoms with Crippen LogP contribution in [0.1, 0.15) is 27.7 Å². The molecule has 0 atom stereocenters. The number of aliphatic hydroxyl groups is 1. The van der Waals surface area contributed by atoms with Gasteiger partial charge in [0, 0.05) is 41.7 Å². The molecule has 49 valence electrons. The van der Waals surface area contributed by atoms with Crippen LogP contribution in [-0.2, 0) is 0 Å². The molecular weight excluding hydrogens is 227 g/mol. The van der Waals surface area contributed by atoms with E-state index in [-0.39, 0.29) is 41.7 Å². The first-order valence-corrected chi connectivity index (χ1v) is 2.57. The zero-order valence-corrected chi connectivity index (χ0v) is 9.81. The number of rotatable bonds is 0. The fourth-order valence-electron chi connectivity index (χ4n) is 0. The monoisotopic (exact) mass is 242 g/mol. The Kier molecular flexibility index (Phi) is 31.6. The molecule has 0 rings (SSSR count). The molecule has 0 saturated heterocycles. The normalized spacial score (nSPS) is 6.75. The molecule has 0 saturated carbocycles. The van der Waals surface area contributed by atoms with E-state index in [1.807, 2.05) is 20.3 Å². The molecule has 1 nitrogen and oxygen atoms in total. The maximum absolute atomic E-state index is 8.06. The maximum atomic E-state index is 8.06. The van der Waals surface area contributed by atoms with Gasteiger partial charge in [-0.2, -0.15) is 13.8 Å². The van der Waals surface area contributed by atoms with Crippen molar-refractivity contribution in [2.45, 2.75) is 33.8 Å². The van der Waals surface area contributed by atoms with Gasteiger partial charge in [-0.1, -0.05) is 0 Å². The van der Waals surface area contributed by atoms with Gasteiger partial charge in [0.2, 0.25) is 0 Å². The molecular formula is C6H15LaO-. The van der Waals surface area contributed by atoms with Crippen molar-refractivity contribution in [3.05, 3.63) is 6.42 Å². The third-order valence-corrected chi connectivity index (χ3v) is 0. The molecule has 0 aromatic carbocycles. The summed E-state index contributed by atoms with van der Waals surface area (Å²) in [6.45, 7) is 7.44. The molecule has 0 fully saturated rings. The summed E-state index contributed by atoms with van der Waals surface area (Å²) in [5.74, 6) is 0. The summed E-state index contributed by atoms with van der Waals surface area (Å²) in [7, 11) is 0. The van der Waals surface area contributed by atoms with Gasteiger partial charge in [-0.3, -0.25) is 0 Å². The second-order valence-electron chi connectivity index (χ2n) is 1.67. The van der Waals surface area contributed by atoms with Crippen LogP contribution in [0.4, 0.5) is 0 Å². The molecule has 0 unspecified atom stereocenters. The summed E-state index contributed by atoms with van der Waals surface area (Å²) in [5.41, 5.74) is 0. The Labute approximate surface area is 80.5 Å². The maximum Gasteiger partial charge on any atom is 0.0483 e. The molecule has 0 bridgehead atoms. The van der Waals surface area contributed by atoms with Crippen molar-refractivity contribution in [2.75, 3.05) is 0 Å². The smallest absolute Gasteiger partial charge is 0.0483 e. The van der Waals surface area contributed by atoms with E-state index in [0.29, 0.717) is 0 Å². The molecule has 0 spiro atoms. The molecule has 8 heavy (non-hydrogen) atoms. The van der Waals surface area contributed by atoms with E-state index in [1.54, 1.807) is 13.8 Å². The van der Waals surface area contributed by atoms with E-state index >= 15 is 0 Å². The first kappa shape index (κ1) is 16.1. The molecule has 0 aliphatic rings. The Bertz CT molecular complexity index is 19.7. The zero-order valence-electron chi connectivity index (χ0n) is 6.18. The zero-order chi connectivity index (χ0) is 6.28. The van der Waals surface area contributed by atoms with Crippen LogP contribution in [-0.4, -0.2) is 11.2 Å². The largest absolute Gasteiger partial charge is 0.394 e. The fraction of sp³-hybridized carbons (Fsp3) is 0.833. The van der Waals surface area contributed by atoms with E-state index in [1.165, 1.54) is 0 Å². The van der Waals surface area contributed by atoms with Crippen molar-refractivity contribution in [2.24, 2.45) is 0 Å². The quantitative estimate of drug-likeness (QED) is 0.640. The van der Waals surface area contributed by atoms with Crippen LogP contribution in [0.5, 0.6) is 0 Å². The van der Waals surface area contributed by atoms with Gasteiger partial charge in [0.25, 0.3) is 0 Å². The van der Waals surface area contributed by atoms with Crippen LogP contribution in [0.25, 0.3) is 0 Å². The molecule has 0 aliphatic carbocycles. The Hall–Kier alpha value is 1.15. The first-order chi connectivity index (χ1) is 3.15. The van der Waals surface area contributed by atoms with Gasteiger partial charge in [0.05, 0.1) is 0 Å². The summed E-state index contributed by atoms with van der Waals surface area (Å²) in [5, 5.41) is 8.06. The number of aliphatic hydroxyl groups excluding tert-OH is 1. The van der Waals surface area contributed by atoms with Crippen molar-refractivity contribution >= 4 is 0 Å². The Balaban J connectivity index is -0.0000000575. The second kappa shape index (κ2) is 15.7. The Morgan fingerprint density at radius 3 is 1.25 bits per heavy atom. The van der Waals surface area contributed by atoms with Gasteiger partial charge in [-0.15, -0.1) is 0 Å². The van der Waals surface area contributed by atoms with Crippen LogP contribution in [0.15, 0.2) is 0 Å². The van der Waals surface area contributed by atoms with Crippen molar-refractivity contribution in [1.29, 1.82) is 0 Å². The molecule has 0 aromatic heterocycles. The van der Waals surface area contributed by atoms with Gasteiger partial charge in [-0.05, 0) is 13.8 Å². The Morgan fingerprint density at radius 1 is 1.25 bits per heavy atom. The van der Waals surface area contributed by atoms with Crippen LogP contribution in [0, 0.1) is 42.0 Å². The number of hydrogen-bond donors (Lipinski definition) is 1. The number of hydrogen-bond acceptors (Lipinski definition) is 1.